The van der Waals surface area contributed by atoms with Crippen LogP contribution in [-0.2, 0) is 0 Å². The maximum Gasteiger partial charge on any atom is 0.373 e. The van der Waals surface area contributed by atoms with Crippen molar-refractivity contribution in [2.24, 2.45) is 0 Å². The molecule has 0 amide bonds. The number of halogens is 7. The van der Waals surface area contributed by atoms with Crippen molar-refractivity contribution in [2.75, 3.05) is 0 Å². The van der Waals surface area contributed by atoms with Crippen LogP contribution in [0.3, 0.4) is 0 Å². The molecule has 0 atom stereocenters. The molecule has 0 saturated heterocycles. The first-order valence-corrected chi connectivity index (χ1v) is 2.51. The molecule has 0 aromatic carbocycles. The van der Waals surface area contributed by atoms with E-state index in [-0.39, 0.29) is 0 Å². The third-order valence-corrected chi connectivity index (χ3v) is 1.23. The first-order valence-electron chi connectivity index (χ1n) is 2.51. The fourth-order valence-electron chi connectivity index (χ4n) is 0.186. The Balaban J connectivity index is 4.75. The van der Waals surface area contributed by atoms with E-state index in [2.05, 4.69) is 0 Å². The van der Waals surface area contributed by atoms with Crippen molar-refractivity contribution in [3.63, 3.8) is 0 Å². The van der Waals surface area contributed by atoms with Crippen LogP contribution in [0, 0.1) is 0 Å². The molecule has 0 rings (SSSR count). The number of alkyl halides is 6. The molecule has 0 saturated carbocycles. The van der Waals surface area contributed by atoms with Gasteiger partial charge in [0.1, 0.15) is 0 Å². The standard InChI is InChI=1S/C3H3BF7/c1-4(11,2(5,6)7)3(8,9)10/h1H3/q-1. The zero-order valence-electron chi connectivity index (χ0n) is 5.22. The van der Waals surface area contributed by atoms with E-state index in [1.54, 1.807) is 0 Å². The minimum Gasteiger partial charge on any atom is -0.496 e. The average Bonchev–Trinajstić information content (AvgIpc) is 1.58. The minimum absolute atomic E-state index is 0.500. The SMILES string of the molecule is C[B-](F)(C(F)(F)F)C(F)(F)F. The van der Waals surface area contributed by atoms with Crippen LogP contribution < -0.4 is 0 Å². The Bertz CT molecular complexity index is 125. The second-order valence-corrected chi connectivity index (χ2v) is 2.24. The van der Waals surface area contributed by atoms with Gasteiger partial charge in [-0.1, -0.05) is 0 Å². The summed E-state index contributed by atoms with van der Waals surface area (Å²) in [5, 5.41) is 0. The molecule has 0 fully saturated rings. The number of hydrogen-bond donors (Lipinski definition) is 0. The summed E-state index contributed by atoms with van der Waals surface area (Å²) in [5.74, 6) is 0. The first kappa shape index (κ1) is 10.6. The van der Waals surface area contributed by atoms with Crippen molar-refractivity contribution in [3.8, 4) is 0 Å². The molecule has 68 valence electrons. The van der Waals surface area contributed by atoms with E-state index in [9.17, 15) is 30.7 Å². The molecule has 0 nitrogen and oxygen atoms in total. The third-order valence-electron chi connectivity index (χ3n) is 1.23. The van der Waals surface area contributed by atoms with E-state index < -0.39 is 25.4 Å². The van der Waals surface area contributed by atoms with Crippen molar-refractivity contribution in [3.05, 3.63) is 0 Å². The van der Waals surface area contributed by atoms with Crippen molar-refractivity contribution >= 4 is 6.42 Å². The normalized spacial score (nSPS) is 15.3. The number of rotatable bonds is 0. The van der Waals surface area contributed by atoms with Gasteiger partial charge in [-0.2, -0.15) is 0 Å². The van der Waals surface area contributed by atoms with Gasteiger partial charge < -0.3 is 4.32 Å². The van der Waals surface area contributed by atoms with Gasteiger partial charge >= 0.3 is 6.42 Å². The summed E-state index contributed by atoms with van der Waals surface area (Å²) < 4.78 is 79.5. The number of hydrogen-bond acceptors (Lipinski definition) is 0. The van der Waals surface area contributed by atoms with E-state index in [0.29, 0.717) is 0 Å². The summed E-state index contributed by atoms with van der Waals surface area (Å²) in [6.45, 7) is -0.500. The lowest BCUT2D eigenvalue weighted by Gasteiger charge is -2.32. The molecule has 0 aliphatic heterocycles. The average molecular weight is 183 g/mol. The van der Waals surface area contributed by atoms with E-state index in [1.165, 1.54) is 0 Å². The van der Waals surface area contributed by atoms with Crippen LogP contribution >= 0.6 is 0 Å². The summed E-state index contributed by atoms with van der Waals surface area (Å²) in [6, 6.07) is 0. The summed E-state index contributed by atoms with van der Waals surface area (Å²) in [6.07, 6.45) is -17.5. The zero-order chi connectivity index (χ0) is 9.50. The molecule has 0 N–H and O–H groups in total. The van der Waals surface area contributed by atoms with Crippen molar-refractivity contribution in [1.82, 2.24) is 0 Å². The topological polar surface area (TPSA) is 0 Å². The van der Waals surface area contributed by atoms with Gasteiger partial charge in [0.15, 0.2) is 0 Å². The Morgan fingerprint density at radius 1 is 0.818 bits per heavy atom. The predicted molar refractivity (Wildman–Crippen MR) is 24.8 cm³/mol. The highest BCUT2D eigenvalue weighted by molar-refractivity contribution is 6.75. The van der Waals surface area contributed by atoms with Gasteiger partial charge in [0.25, 0.3) is 12.2 Å². The summed E-state index contributed by atoms with van der Waals surface area (Å²) in [7, 11) is 0. The van der Waals surface area contributed by atoms with Crippen LogP contribution in [0.1, 0.15) is 0 Å². The quantitative estimate of drug-likeness (QED) is 0.400. The molecule has 0 aliphatic rings. The molecule has 0 aromatic rings. The van der Waals surface area contributed by atoms with Crippen molar-refractivity contribution in [2.45, 2.75) is 19.0 Å². The molecule has 0 aromatic heterocycles. The maximum absolute atomic E-state index is 11.9. The van der Waals surface area contributed by atoms with Gasteiger partial charge in [0.2, 0.25) is 0 Å². The molecule has 0 bridgehead atoms. The highest BCUT2D eigenvalue weighted by Crippen LogP contribution is 2.41. The van der Waals surface area contributed by atoms with Crippen molar-refractivity contribution < 1.29 is 30.7 Å². The van der Waals surface area contributed by atoms with Crippen molar-refractivity contribution in [1.29, 1.82) is 0 Å². The molecule has 0 unspecified atom stereocenters. The van der Waals surface area contributed by atoms with Gasteiger partial charge in [-0.25, -0.2) is 26.3 Å². The molecule has 8 heteroatoms. The smallest absolute Gasteiger partial charge is 0.373 e. The van der Waals surface area contributed by atoms with Gasteiger partial charge in [-0.3, -0.25) is 0 Å². The van der Waals surface area contributed by atoms with Crippen LogP contribution in [-0.4, -0.2) is 18.6 Å². The van der Waals surface area contributed by atoms with Gasteiger partial charge in [-0.05, 0) is 0 Å². The van der Waals surface area contributed by atoms with Gasteiger partial charge in [-0.15, -0.1) is 6.82 Å². The lowest BCUT2D eigenvalue weighted by Crippen LogP contribution is -2.56. The molecule has 0 spiro atoms. The monoisotopic (exact) mass is 183 g/mol. The molecular formula is C3H3BF7-. The van der Waals surface area contributed by atoms with E-state index in [1.807, 2.05) is 0 Å². The zero-order valence-corrected chi connectivity index (χ0v) is 5.22. The lowest BCUT2D eigenvalue weighted by molar-refractivity contribution is -0.123. The summed E-state index contributed by atoms with van der Waals surface area (Å²) in [4.78, 5) is 0. The van der Waals surface area contributed by atoms with Gasteiger partial charge in [0, 0.05) is 0 Å². The maximum atomic E-state index is 11.9. The Labute approximate surface area is 57.3 Å². The fraction of sp³-hybridized carbons (Fsp3) is 1.00. The predicted octanol–water partition coefficient (Wildman–Crippen LogP) is 2.73. The Hall–Kier alpha value is -0.425. The van der Waals surface area contributed by atoms with Crippen LogP contribution in [0.4, 0.5) is 30.7 Å². The molecule has 0 heterocycles. The summed E-state index contributed by atoms with van der Waals surface area (Å²) in [5.41, 5.74) is 0. The highest BCUT2D eigenvalue weighted by atomic mass is 19.4. The first-order chi connectivity index (χ1) is 4.50. The largest absolute Gasteiger partial charge is 0.496 e. The van der Waals surface area contributed by atoms with E-state index in [0.717, 1.165) is 0 Å². The second-order valence-electron chi connectivity index (χ2n) is 2.24. The van der Waals surface area contributed by atoms with E-state index in [4.69, 9.17) is 0 Å². The second kappa shape index (κ2) is 2.28. The lowest BCUT2D eigenvalue weighted by atomic mass is 9.44. The Morgan fingerprint density at radius 2 is 1.00 bits per heavy atom. The van der Waals surface area contributed by atoms with Crippen LogP contribution in [0.5, 0.6) is 0 Å². The molecule has 11 heavy (non-hydrogen) atoms. The highest BCUT2D eigenvalue weighted by Gasteiger charge is 2.63. The van der Waals surface area contributed by atoms with Gasteiger partial charge in [0.05, 0.1) is 0 Å². The Kier molecular flexibility index (Phi) is 2.19. The molecule has 0 aliphatic carbocycles. The molecule has 0 radical (unpaired) electrons. The van der Waals surface area contributed by atoms with E-state index >= 15 is 0 Å². The molecular weight excluding hydrogens is 180 g/mol. The van der Waals surface area contributed by atoms with Crippen LogP contribution in [0.15, 0.2) is 0 Å². The minimum atomic E-state index is -5.85. The fourth-order valence-corrected chi connectivity index (χ4v) is 0.186. The Morgan fingerprint density at radius 3 is 1.00 bits per heavy atom. The third kappa shape index (κ3) is 1.78. The van der Waals surface area contributed by atoms with Crippen LogP contribution in [0.25, 0.3) is 0 Å². The van der Waals surface area contributed by atoms with Crippen LogP contribution in [0.2, 0.25) is 6.82 Å². The summed E-state index contributed by atoms with van der Waals surface area (Å²) >= 11 is 0.